The number of imidazole rings is 1. The molecule has 0 saturated heterocycles. The Morgan fingerprint density at radius 3 is 2.72 bits per heavy atom. The maximum atomic E-state index is 13.4. The predicted octanol–water partition coefficient (Wildman–Crippen LogP) is 4.44. The highest BCUT2D eigenvalue weighted by Gasteiger charge is 2.40. The Morgan fingerprint density at radius 2 is 1.90 bits per heavy atom. The van der Waals surface area contributed by atoms with E-state index in [2.05, 4.69) is 14.9 Å². The van der Waals surface area contributed by atoms with Crippen LogP contribution in [0, 0.1) is 0 Å². The SMILES string of the molecule is O=C1CC(c2ccco2)CC2=C1C(c1ccncc1)n1c(nc3ccccc31)N2. The van der Waals surface area contributed by atoms with E-state index in [0.717, 1.165) is 46.0 Å². The van der Waals surface area contributed by atoms with Crippen LogP contribution in [0.15, 0.2) is 82.9 Å². The van der Waals surface area contributed by atoms with Crippen LogP contribution < -0.4 is 5.32 Å². The number of allylic oxidation sites excluding steroid dienone is 2. The number of para-hydroxylation sites is 2. The molecular formula is C23H18N4O2. The molecule has 0 bridgehead atoms. The van der Waals surface area contributed by atoms with Gasteiger partial charge in [-0.3, -0.25) is 14.3 Å². The fourth-order valence-electron chi connectivity index (χ4n) is 4.61. The zero-order valence-electron chi connectivity index (χ0n) is 15.6. The molecule has 0 radical (unpaired) electrons. The lowest BCUT2D eigenvalue weighted by Gasteiger charge is -2.35. The van der Waals surface area contributed by atoms with Crippen LogP contribution in [-0.2, 0) is 4.79 Å². The van der Waals surface area contributed by atoms with Gasteiger partial charge in [-0.25, -0.2) is 4.98 Å². The summed E-state index contributed by atoms with van der Waals surface area (Å²) in [4.78, 5) is 22.4. The van der Waals surface area contributed by atoms with Crippen molar-refractivity contribution in [3.8, 4) is 0 Å². The maximum absolute atomic E-state index is 13.4. The lowest BCUT2D eigenvalue weighted by Crippen LogP contribution is -2.33. The van der Waals surface area contributed by atoms with Crippen LogP contribution >= 0.6 is 0 Å². The van der Waals surface area contributed by atoms with Gasteiger partial charge in [0.15, 0.2) is 5.78 Å². The van der Waals surface area contributed by atoms with Gasteiger partial charge >= 0.3 is 0 Å². The number of ketones is 1. The Morgan fingerprint density at radius 1 is 1.03 bits per heavy atom. The molecule has 2 unspecified atom stereocenters. The summed E-state index contributed by atoms with van der Waals surface area (Å²) in [5, 5.41) is 3.46. The van der Waals surface area contributed by atoms with Crippen molar-refractivity contribution in [2.75, 3.05) is 5.32 Å². The van der Waals surface area contributed by atoms with E-state index in [1.807, 2.05) is 48.5 Å². The smallest absolute Gasteiger partial charge is 0.209 e. The van der Waals surface area contributed by atoms with E-state index in [1.54, 1.807) is 18.7 Å². The number of furan rings is 1. The molecule has 1 aromatic carbocycles. The first-order valence-corrected chi connectivity index (χ1v) is 9.73. The third-order valence-corrected chi connectivity index (χ3v) is 5.87. The molecular weight excluding hydrogens is 364 g/mol. The van der Waals surface area contributed by atoms with Crippen LogP contribution in [0.5, 0.6) is 0 Å². The monoisotopic (exact) mass is 382 g/mol. The van der Waals surface area contributed by atoms with Gasteiger partial charge in [-0.15, -0.1) is 0 Å². The molecule has 2 atom stereocenters. The van der Waals surface area contributed by atoms with E-state index in [-0.39, 0.29) is 17.7 Å². The summed E-state index contributed by atoms with van der Waals surface area (Å²) in [6.07, 6.45) is 6.37. The number of benzene rings is 1. The van der Waals surface area contributed by atoms with Gasteiger partial charge in [0.2, 0.25) is 5.95 Å². The van der Waals surface area contributed by atoms with Crippen molar-refractivity contribution in [2.24, 2.45) is 0 Å². The average molecular weight is 382 g/mol. The first-order chi connectivity index (χ1) is 14.3. The second-order valence-corrected chi connectivity index (χ2v) is 7.54. The summed E-state index contributed by atoms with van der Waals surface area (Å²) >= 11 is 0. The van der Waals surface area contributed by atoms with Gasteiger partial charge in [0, 0.05) is 36.0 Å². The van der Waals surface area contributed by atoms with E-state index >= 15 is 0 Å². The molecule has 1 aliphatic heterocycles. The number of aromatic nitrogens is 3. The molecule has 0 fully saturated rings. The molecule has 6 heteroatoms. The van der Waals surface area contributed by atoms with Crippen LogP contribution in [0.1, 0.15) is 36.1 Å². The van der Waals surface area contributed by atoms with Crippen LogP contribution in [-0.4, -0.2) is 20.3 Å². The fourth-order valence-corrected chi connectivity index (χ4v) is 4.61. The Bertz CT molecular complexity index is 1250. The predicted molar refractivity (Wildman–Crippen MR) is 108 cm³/mol. The molecule has 6 rings (SSSR count). The highest BCUT2D eigenvalue weighted by atomic mass is 16.3. The summed E-state index contributed by atoms with van der Waals surface area (Å²) in [7, 11) is 0. The summed E-state index contributed by atoms with van der Waals surface area (Å²) < 4.78 is 7.73. The molecule has 0 spiro atoms. The Hall–Kier alpha value is -3.67. The second-order valence-electron chi connectivity index (χ2n) is 7.54. The number of hydrogen-bond acceptors (Lipinski definition) is 5. The number of pyridine rings is 1. The summed E-state index contributed by atoms with van der Waals surface area (Å²) in [6.45, 7) is 0. The zero-order valence-corrected chi connectivity index (χ0v) is 15.6. The van der Waals surface area contributed by atoms with Gasteiger partial charge in [0.1, 0.15) is 5.76 Å². The van der Waals surface area contributed by atoms with E-state index in [4.69, 9.17) is 9.40 Å². The summed E-state index contributed by atoms with van der Waals surface area (Å²) in [5.74, 6) is 1.80. The van der Waals surface area contributed by atoms with Gasteiger partial charge in [0.05, 0.1) is 23.3 Å². The van der Waals surface area contributed by atoms with Crippen molar-refractivity contribution in [1.82, 2.24) is 14.5 Å². The molecule has 1 aliphatic carbocycles. The van der Waals surface area contributed by atoms with Gasteiger partial charge in [0.25, 0.3) is 0 Å². The highest BCUT2D eigenvalue weighted by Crippen LogP contribution is 2.45. The number of nitrogens with zero attached hydrogens (tertiary/aromatic N) is 3. The summed E-state index contributed by atoms with van der Waals surface area (Å²) in [5.41, 5.74) is 4.69. The van der Waals surface area contributed by atoms with Crippen molar-refractivity contribution in [3.05, 3.63) is 89.8 Å². The summed E-state index contributed by atoms with van der Waals surface area (Å²) in [6, 6.07) is 15.6. The van der Waals surface area contributed by atoms with E-state index in [0.29, 0.717) is 6.42 Å². The van der Waals surface area contributed by atoms with E-state index in [9.17, 15) is 4.79 Å². The van der Waals surface area contributed by atoms with E-state index in [1.165, 1.54) is 0 Å². The number of anilines is 1. The molecule has 4 aromatic rings. The van der Waals surface area contributed by atoms with Crippen molar-refractivity contribution < 1.29 is 9.21 Å². The normalized spacial score (nSPS) is 21.0. The van der Waals surface area contributed by atoms with Gasteiger partial charge < -0.3 is 9.73 Å². The first-order valence-electron chi connectivity index (χ1n) is 9.73. The third kappa shape index (κ3) is 2.45. The van der Waals surface area contributed by atoms with Crippen LogP contribution in [0.25, 0.3) is 11.0 Å². The van der Waals surface area contributed by atoms with Crippen LogP contribution in [0.2, 0.25) is 0 Å². The number of fused-ring (bicyclic) bond motifs is 3. The lowest BCUT2D eigenvalue weighted by atomic mass is 9.79. The largest absolute Gasteiger partial charge is 0.469 e. The van der Waals surface area contributed by atoms with Gasteiger partial charge in [-0.05, 0) is 48.4 Å². The quantitative estimate of drug-likeness (QED) is 0.555. The Labute approximate surface area is 166 Å². The third-order valence-electron chi connectivity index (χ3n) is 5.87. The second kappa shape index (κ2) is 6.17. The van der Waals surface area contributed by atoms with Crippen LogP contribution in [0.4, 0.5) is 5.95 Å². The number of carbonyl (C=O) groups excluding carboxylic acids is 1. The molecule has 2 aliphatic rings. The minimum absolute atomic E-state index is 0.0396. The maximum Gasteiger partial charge on any atom is 0.209 e. The molecule has 4 heterocycles. The van der Waals surface area contributed by atoms with E-state index < -0.39 is 0 Å². The molecule has 6 nitrogen and oxygen atoms in total. The topological polar surface area (TPSA) is 73.0 Å². The van der Waals surface area contributed by atoms with Crippen molar-refractivity contribution in [1.29, 1.82) is 0 Å². The van der Waals surface area contributed by atoms with Gasteiger partial charge in [-0.1, -0.05) is 12.1 Å². The number of rotatable bonds is 2. The molecule has 142 valence electrons. The molecule has 3 aromatic heterocycles. The average Bonchev–Trinajstić information content (AvgIpc) is 3.40. The number of carbonyl (C=O) groups is 1. The van der Waals surface area contributed by atoms with Gasteiger partial charge in [-0.2, -0.15) is 0 Å². The molecule has 29 heavy (non-hydrogen) atoms. The van der Waals surface area contributed by atoms with Crippen molar-refractivity contribution in [2.45, 2.75) is 24.8 Å². The van der Waals surface area contributed by atoms with Crippen LogP contribution in [0.3, 0.4) is 0 Å². The standard InChI is InChI=1S/C23H18N4O2/c28-19-13-15(20-6-3-11-29-20)12-17-21(19)22(14-7-9-24-10-8-14)27-18-5-2-1-4-16(18)25-23(27)26-17/h1-11,15,22H,12-13H2,(H,25,26). The highest BCUT2D eigenvalue weighted by molar-refractivity contribution is 6.01. The Kier molecular flexibility index (Phi) is 3.47. The number of Topliss-reactive ketones (excluding diaryl/α,β-unsaturated/α-hetero) is 1. The fraction of sp³-hybridized carbons (Fsp3) is 0.174. The minimum Gasteiger partial charge on any atom is -0.469 e. The molecule has 1 N–H and O–H groups in total. The molecule has 0 amide bonds. The number of nitrogens with one attached hydrogen (secondary N) is 1. The van der Waals surface area contributed by atoms with Crippen molar-refractivity contribution >= 4 is 22.8 Å². The first kappa shape index (κ1) is 16.3. The number of hydrogen-bond donors (Lipinski definition) is 1. The van der Waals surface area contributed by atoms with Crippen molar-refractivity contribution in [3.63, 3.8) is 0 Å². The minimum atomic E-state index is -0.221. The Balaban J connectivity index is 1.56. The lowest BCUT2D eigenvalue weighted by molar-refractivity contribution is -0.116. The zero-order chi connectivity index (χ0) is 19.4. The molecule has 0 saturated carbocycles.